The van der Waals surface area contributed by atoms with Crippen molar-refractivity contribution in [2.24, 2.45) is 0 Å². The van der Waals surface area contributed by atoms with E-state index in [4.69, 9.17) is 34.8 Å². The molecule has 0 spiro atoms. The molecule has 2 rings (SSSR count). The molecule has 0 saturated heterocycles. The third-order valence-electron chi connectivity index (χ3n) is 1.91. The molecular weight excluding hydrogens is 254 g/mol. The second kappa shape index (κ2) is 4.44. The van der Waals surface area contributed by atoms with E-state index >= 15 is 0 Å². The summed E-state index contributed by atoms with van der Waals surface area (Å²) in [5, 5.41) is 4.69. The Balaban J connectivity index is 2.45. The van der Waals surface area contributed by atoms with Gasteiger partial charge >= 0.3 is 0 Å². The minimum absolute atomic E-state index is 0.488. The summed E-state index contributed by atoms with van der Waals surface area (Å²) in [6, 6.07) is 11.2. The number of aromatic nitrogens is 2. The molecule has 0 unspecified atom stereocenters. The highest BCUT2D eigenvalue weighted by molar-refractivity contribution is 6.44. The van der Waals surface area contributed by atoms with E-state index in [1.807, 2.05) is 30.3 Å². The normalized spacial score (nSPS) is 10.9. The number of hydrogen-bond donors (Lipinski definition) is 0. The molecule has 1 heterocycles. The van der Waals surface area contributed by atoms with Crippen molar-refractivity contribution in [1.29, 1.82) is 0 Å². The molecule has 0 saturated carbocycles. The van der Waals surface area contributed by atoms with E-state index in [0.29, 0.717) is 10.8 Å². The fourth-order valence-electron chi connectivity index (χ4n) is 1.23. The average Bonchev–Trinajstić information content (AvgIpc) is 2.62. The number of para-hydroxylation sites is 1. The molecule has 0 atom stereocenters. The first-order valence-electron chi connectivity index (χ1n) is 4.27. The van der Waals surface area contributed by atoms with Crippen LogP contribution in [0.5, 0.6) is 0 Å². The number of rotatable bonds is 2. The highest BCUT2D eigenvalue weighted by Crippen LogP contribution is 2.27. The van der Waals surface area contributed by atoms with Crippen LogP contribution in [0, 0.1) is 0 Å². The van der Waals surface area contributed by atoms with E-state index in [1.54, 1.807) is 10.7 Å². The van der Waals surface area contributed by atoms with Gasteiger partial charge in [-0.1, -0.05) is 53.0 Å². The first-order valence-corrected chi connectivity index (χ1v) is 5.52. The van der Waals surface area contributed by atoms with Crippen LogP contribution in [0.15, 0.2) is 36.4 Å². The lowest BCUT2D eigenvalue weighted by Crippen LogP contribution is -1.96. The molecular formula is C10H7Cl3N2. The van der Waals surface area contributed by atoms with Gasteiger partial charge in [0.15, 0.2) is 4.84 Å². The van der Waals surface area contributed by atoms with E-state index in [-0.39, 0.29) is 0 Å². The molecule has 1 aromatic heterocycles. The van der Waals surface area contributed by atoms with E-state index < -0.39 is 4.84 Å². The first-order chi connectivity index (χ1) is 7.18. The monoisotopic (exact) mass is 260 g/mol. The molecule has 78 valence electrons. The zero-order chi connectivity index (χ0) is 10.8. The Kier molecular flexibility index (Phi) is 3.19. The number of nitrogens with zero attached hydrogens (tertiary/aromatic N) is 2. The summed E-state index contributed by atoms with van der Waals surface area (Å²) in [4.78, 5) is -0.660. The fourth-order valence-corrected chi connectivity index (χ4v) is 1.69. The predicted octanol–water partition coefficient (Wildman–Crippen LogP) is 4.00. The Labute approximate surface area is 102 Å². The minimum atomic E-state index is -0.660. The third kappa shape index (κ3) is 2.28. The third-order valence-corrected chi connectivity index (χ3v) is 2.63. The molecule has 0 N–H and O–H groups in total. The number of hydrogen-bond acceptors (Lipinski definition) is 1. The van der Waals surface area contributed by atoms with Gasteiger partial charge in [0.05, 0.1) is 11.4 Å². The lowest BCUT2D eigenvalue weighted by Gasteiger charge is -2.01. The van der Waals surface area contributed by atoms with E-state index in [9.17, 15) is 0 Å². The van der Waals surface area contributed by atoms with Crippen molar-refractivity contribution in [2.75, 3.05) is 0 Å². The zero-order valence-electron chi connectivity index (χ0n) is 7.57. The lowest BCUT2D eigenvalue weighted by atomic mass is 10.3. The van der Waals surface area contributed by atoms with Crippen LogP contribution in [0.3, 0.4) is 0 Å². The van der Waals surface area contributed by atoms with Gasteiger partial charge in [0.2, 0.25) is 0 Å². The molecule has 2 aromatic rings. The van der Waals surface area contributed by atoms with Crippen LogP contribution >= 0.6 is 34.8 Å². The van der Waals surface area contributed by atoms with E-state index in [2.05, 4.69) is 5.10 Å². The summed E-state index contributed by atoms with van der Waals surface area (Å²) >= 11 is 17.4. The van der Waals surface area contributed by atoms with Gasteiger partial charge in [-0.2, -0.15) is 5.10 Å². The molecule has 0 aliphatic heterocycles. The molecule has 0 radical (unpaired) electrons. The van der Waals surface area contributed by atoms with Crippen LogP contribution < -0.4 is 0 Å². The van der Waals surface area contributed by atoms with Crippen molar-refractivity contribution in [3.8, 4) is 5.69 Å². The highest BCUT2D eigenvalue weighted by Gasteiger charge is 2.12. The molecule has 0 bridgehead atoms. The minimum Gasteiger partial charge on any atom is -0.222 e. The maximum Gasteiger partial charge on any atom is 0.151 e. The summed E-state index contributed by atoms with van der Waals surface area (Å²) in [7, 11) is 0. The fraction of sp³-hybridized carbons (Fsp3) is 0.100. The van der Waals surface area contributed by atoms with Gasteiger partial charge in [0.25, 0.3) is 0 Å². The molecule has 15 heavy (non-hydrogen) atoms. The van der Waals surface area contributed by atoms with Gasteiger partial charge in [-0.05, 0) is 12.1 Å². The van der Waals surface area contributed by atoms with Gasteiger partial charge in [-0.25, -0.2) is 4.68 Å². The lowest BCUT2D eigenvalue weighted by molar-refractivity contribution is 0.856. The molecule has 0 aliphatic carbocycles. The quantitative estimate of drug-likeness (QED) is 0.747. The first kappa shape index (κ1) is 10.8. The molecule has 0 amide bonds. The summed E-state index contributed by atoms with van der Waals surface area (Å²) in [6.07, 6.45) is 0. The second-order valence-electron chi connectivity index (χ2n) is 2.94. The van der Waals surface area contributed by atoms with Crippen molar-refractivity contribution >= 4 is 34.8 Å². The van der Waals surface area contributed by atoms with Gasteiger partial charge in [0.1, 0.15) is 5.15 Å². The molecule has 5 heteroatoms. The highest BCUT2D eigenvalue weighted by atomic mass is 35.5. The average molecular weight is 262 g/mol. The van der Waals surface area contributed by atoms with Crippen LogP contribution in [-0.2, 0) is 0 Å². The van der Waals surface area contributed by atoms with Gasteiger partial charge in [-0.15, -0.1) is 0 Å². The number of halogens is 3. The molecule has 0 fully saturated rings. The second-order valence-corrected chi connectivity index (χ2v) is 4.42. The Hall–Kier alpha value is -0.700. The van der Waals surface area contributed by atoms with Gasteiger partial charge in [-0.3, -0.25) is 0 Å². The molecule has 1 aromatic carbocycles. The van der Waals surface area contributed by atoms with Crippen LogP contribution in [0.1, 0.15) is 10.5 Å². The van der Waals surface area contributed by atoms with Crippen molar-refractivity contribution in [2.45, 2.75) is 4.84 Å². The smallest absolute Gasteiger partial charge is 0.151 e. The van der Waals surface area contributed by atoms with Gasteiger partial charge < -0.3 is 0 Å². The number of benzene rings is 1. The van der Waals surface area contributed by atoms with Crippen molar-refractivity contribution in [1.82, 2.24) is 9.78 Å². The Bertz CT molecular complexity index is 451. The Morgan fingerprint density at radius 3 is 2.33 bits per heavy atom. The van der Waals surface area contributed by atoms with Crippen molar-refractivity contribution in [3.63, 3.8) is 0 Å². The van der Waals surface area contributed by atoms with Crippen LogP contribution in [0.2, 0.25) is 5.15 Å². The van der Waals surface area contributed by atoms with Crippen molar-refractivity contribution in [3.05, 3.63) is 47.2 Å². The Morgan fingerprint density at radius 1 is 1.13 bits per heavy atom. The SMILES string of the molecule is Clc1cc(C(Cl)Cl)nn1-c1ccccc1. The van der Waals surface area contributed by atoms with E-state index in [1.165, 1.54) is 0 Å². The van der Waals surface area contributed by atoms with Crippen LogP contribution in [-0.4, -0.2) is 9.78 Å². The molecule has 0 aliphatic rings. The van der Waals surface area contributed by atoms with E-state index in [0.717, 1.165) is 5.69 Å². The largest absolute Gasteiger partial charge is 0.222 e. The summed E-state index contributed by atoms with van der Waals surface area (Å²) in [6.45, 7) is 0. The summed E-state index contributed by atoms with van der Waals surface area (Å²) < 4.78 is 1.59. The van der Waals surface area contributed by atoms with Gasteiger partial charge in [0, 0.05) is 6.07 Å². The molecule has 2 nitrogen and oxygen atoms in total. The standard InChI is InChI=1S/C10H7Cl3N2/c11-9-6-8(10(12)13)14-15(9)7-4-2-1-3-5-7/h1-6,10H. The van der Waals surface area contributed by atoms with Crippen LogP contribution in [0.25, 0.3) is 5.69 Å². The maximum absolute atomic E-state index is 6.01. The van der Waals surface area contributed by atoms with Crippen LogP contribution in [0.4, 0.5) is 0 Å². The maximum atomic E-state index is 6.01. The zero-order valence-corrected chi connectivity index (χ0v) is 9.84. The van der Waals surface area contributed by atoms with Crippen molar-refractivity contribution < 1.29 is 0 Å². The number of alkyl halides is 2. The summed E-state index contributed by atoms with van der Waals surface area (Å²) in [5.41, 5.74) is 1.43. The Morgan fingerprint density at radius 2 is 1.80 bits per heavy atom. The topological polar surface area (TPSA) is 17.8 Å². The summed E-state index contributed by atoms with van der Waals surface area (Å²) in [5.74, 6) is 0. The predicted molar refractivity (Wildman–Crippen MR) is 63.0 cm³/mol.